The number of β-amino-alcohol motifs (C(OH)–C–C–N with tert-alkyl or cyclic N) is 1. The molecule has 1 unspecified atom stereocenters. The second-order valence-electron chi connectivity index (χ2n) is 7.89. The quantitative estimate of drug-likeness (QED) is 0.671. The van der Waals surface area contributed by atoms with E-state index in [1.807, 2.05) is 48.5 Å². The van der Waals surface area contributed by atoms with Crippen molar-refractivity contribution in [2.24, 2.45) is 0 Å². The van der Waals surface area contributed by atoms with E-state index in [-0.39, 0.29) is 12.0 Å². The van der Waals surface area contributed by atoms with Gasteiger partial charge in [0.05, 0.1) is 6.10 Å². The molecule has 0 bridgehead atoms. The minimum Gasteiger partial charge on any atom is -0.448 e. The number of benzene rings is 3. The van der Waals surface area contributed by atoms with Gasteiger partial charge in [-0.05, 0) is 52.9 Å². The lowest BCUT2D eigenvalue weighted by atomic mass is 9.98. The number of ether oxygens (including phenoxy) is 1. The summed E-state index contributed by atoms with van der Waals surface area (Å²) < 4.78 is 5.59. The minimum atomic E-state index is -0.457. The number of carbonyl (C=O) groups excluding carboxylic acids is 1. The van der Waals surface area contributed by atoms with E-state index in [4.69, 9.17) is 4.74 Å². The smallest absolute Gasteiger partial charge is 0.411 e. The molecule has 30 heavy (non-hydrogen) atoms. The fourth-order valence-electron chi connectivity index (χ4n) is 4.48. The molecule has 1 aliphatic carbocycles. The van der Waals surface area contributed by atoms with Gasteiger partial charge in [-0.3, -0.25) is 5.32 Å². The fraction of sp³-hybridized carbons (Fsp3) is 0.240. The average Bonchev–Trinajstić information content (AvgIpc) is 3.34. The molecule has 1 amide bonds. The molecule has 1 heterocycles. The largest absolute Gasteiger partial charge is 0.448 e. The van der Waals surface area contributed by atoms with Crippen molar-refractivity contribution in [1.29, 1.82) is 0 Å². The average molecular weight is 400 g/mol. The predicted molar refractivity (Wildman–Crippen MR) is 118 cm³/mol. The molecule has 3 aromatic carbocycles. The molecule has 5 heteroatoms. The molecule has 0 radical (unpaired) electrons. The van der Waals surface area contributed by atoms with Crippen LogP contribution < -0.4 is 10.2 Å². The van der Waals surface area contributed by atoms with Gasteiger partial charge in [0.1, 0.15) is 6.61 Å². The Bertz CT molecular complexity index is 1020. The summed E-state index contributed by atoms with van der Waals surface area (Å²) in [6, 6.07) is 24.2. The Morgan fingerprint density at radius 1 is 0.967 bits per heavy atom. The van der Waals surface area contributed by atoms with Gasteiger partial charge in [0.2, 0.25) is 0 Å². The number of amides is 1. The monoisotopic (exact) mass is 400 g/mol. The Hall–Kier alpha value is -3.31. The number of nitrogens with zero attached hydrogens (tertiary/aromatic N) is 1. The fourth-order valence-corrected chi connectivity index (χ4v) is 4.48. The van der Waals surface area contributed by atoms with Gasteiger partial charge in [-0.15, -0.1) is 0 Å². The summed E-state index contributed by atoms with van der Waals surface area (Å²) in [5.41, 5.74) is 6.56. The SMILES string of the molecule is O=C(Nc1ccc(N2CCC(O)C2)cc1)OCC1c2ccccc2-c2ccccc21. The lowest BCUT2D eigenvalue weighted by molar-refractivity contribution is 0.158. The zero-order chi connectivity index (χ0) is 20.5. The summed E-state index contributed by atoms with van der Waals surface area (Å²) in [6.07, 6.45) is 0.0737. The van der Waals surface area contributed by atoms with Crippen LogP contribution in [0.25, 0.3) is 11.1 Å². The van der Waals surface area contributed by atoms with Crippen molar-refractivity contribution in [2.75, 3.05) is 29.9 Å². The molecular weight excluding hydrogens is 376 g/mol. The maximum Gasteiger partial charge on any atom is 0.411 e. The highest BCUT2D eigenvalue weighted by molar-refractivity contribution is 5.85. The number of aliphatic hydroxyl groups is 1. The third-order valence-electron chi connectivity index (χ3n) is 5.99. The van der Waals surface area contributed by atoms with Crippen molar-refractivity contribution >= 4 is 17.5 Å². The molecule has 1 aliphatic heterocycles. The van der Waals surface area contributed by atoms with Crippen LogP contribution in [0.3, 0.4) is 0 Å². The normalized spacial score (nSPS) is 17.5. The number of rotatable bonds is 4. The lowest BCUT2D eigenvalue weighted by Crippen LogP contribution is -2.21. The van der Waals surface area contributed by atoms with Crippen LogP contribution >= 0.6 is 0 Å². The Morgan fingerprint density at radius 2 is 1.60 bits per heavy atom. The first kappa shape index (κ1) is 18.7. The Kier molecular flexibility index (Phi) is 4.89. The first-order valence-corrected chi connectivity index (χ1v) is 10.3. The third-order valence-corrected chi connectivity index (χ3v) is 5.99. The van der Waals surface area contributed by atoms with Crippen LogP contribution in [-0.4, -0.2) is 37.0 Å². The number of fused-ring (bicyclic) bond motifs is 3. The minimum absolute atomic E-state index is 0.0483. The topological polar surface area (TPSA) is 61.8 Å². The van der Waals surface area contributed by atoms with Crippen LogP contribution in [0, 0.1) is 0 Å². The van der Waals surface area contributed by atoms with Crippen molar-refractivity contribution in [2.45, 2.75) is 18.4 Å². The Balaban J connectivity index is 1.23. The first-order valence-electron chi connectivity index (χ1n) is 10.3. The molecule has 2 N–H and O–H groups in total. The van der Waals surface area contributed by atoms with Crippen molar-refractivity contribution in [3.8, 4) is 11.1 Å². The van der Waals surface area contributed by atoms with E-state index in [1.165, 1.54) is 22.3 Å². The zero-order valence-corrected chi connectivity index (χ0v) is 16.6. The van der Waals surface area contributed by atoms with E-state index < -0.39 is 6.09 Å². The highest BCUT2D eigenvalue weighted by Gasteiger charge is 2.29. The van der Waals surface area contributed by atoms with Gasteiger partial charge >= 0.3 is 6.09 Å². The molecule has 2 aliphatic rings. The van der Waals surface area contributed by atoms with E-state index >= 15 is 0 Å². The molecule has 5 nitrogen and oxygen atoms in total. The van der Waals surface area contributed by atoms with Gasteiger partial charge in [-0.1, -0.05) is 48.5 Å². The van der Waals surface area contributed by atoms with Crippen molar-refractivity contribution in [3.63, 3.8) is 0 Å². The van der Waals surface area contributed by atoms with Gasteiger partial charge in [0, 0.05) is 30.4 Å². The standard InChI is InChI=1S/C25H24N2O3/c28-19-13-14-27(15-19)18-11-9-17(10-12-18)26-25(29)30-16-24-22-7-3-1-5-20(22)21-6-2-4-8-23(21)24/h1-12,19,24,28H,13-16H2,(H,26,29). The highest BCUT2D eigenvalue weighted by Crippen LogP contribution is 2.44. The van der Waals surface area contributed by atoms with Gasteiger partial charge in [0.25, 0.3) is 0 Å². The van der Waals surface area contributed by atoms with Crippen LogP contribution in [0.2, 0.25) is 0 Å². The van der Waals surface area contributed by atoms with Crippen molar-refractivity contribution < 1.29 is 14.6 Å². The number of hydrogen-bond acceptors (Lipinski definition) is 4. The molecule has 1 atom stereocenters. The van der Waals surface area contributed by atoms with Gasteiger partial charge < -0.3 is 14.7 Å². The maximum absolute atomic E-state index is 12.4. The van der Waals surface area contributed by atoms with Crippen molar-refractivity contribution in [1.82, 2.24) is 0 Å². The highest BCUT2D eigenvalue weighted by atomic mass is 16.5. The van der Waals surface area contributed by atoms with E-state index in [1.54, 1.807) is 0 Å². The molecule has 1 fully saturated rings. The van der Waals surface area contributed by atoms with Gasteiger partial charge in [-0.2, -0.15) is 0 Å². The van der Waals surface area contributed by atoms with Crippen LogP contribution in [-0.2, 0) is 4.74 Å². The summed E-state index contributed by atoms with van der Waals surface area (Å²) in [5, 5.41) is 12.5. The maximum atomic E-state index is 12.4. The summed E-state index contributed by atoms with van der Waals surface area (Å²) in [6.45, 7) is 1.79. The molecule has 0 spiro atoms. The molecular formula is C25H24N2O3. The summed E-state index contributed by atoms with van der Waals surface area (Å²) >= 11 is 0. The van der Waals surface area contributed by atoms with Gasteiger partial charge in [-0.25, -0.2) is 4.79 Å². The number of hydrogen-bond donors (Lipinski definition) is 2. The van der Waals surface area contributed by atoms with Crippen LogP contribution in [0.4, 0.5) is 16.2 Å². The van der Waals surface area contributed by atoms with E-state index in [0.29, 0.717) is 18.8 Å². The van der Waals surface area contributed by atoms with Crippen LogP contribution in [0.5, 0.6) is 0 Å². The van der Waals surface area contributed by atoms with E-state index in [0.717, 1.165) is 18.7 Å². The zero-order valence-electron chi connectivity index (χ0n) is 16.6. The second-order valence-corrected chi connectivity index (χ2v) is 7.89. The number of anilines is 2. The Labute approximate surface area is 175 Å². The predicted octanol–water partition coefficient (Wildman–Crippen LogP) is 4.62. The first-order chi connectivity index (χ1) is 14.7. The number of nitrogens with one attached hydrogen (secondary N) is 1. The third kappa shape index (κ3) is 3.53. The van der Waals surface area contributed by atoms with Crippen LogP contribution in [0.1, 0.15) is 23.5 Å². The van der Waals surface area contributed by atoms with Crippen molar-refractivity contribution in [3.05, 3.63) is 83.9 Å². The number of aliphatic hydroxyl groups excluding tert-OH is 1. The molecule has 5 rings (SSSR count). The van der Waals surface area contributed by atoms with E-state index in [2.05, 4.69) is 34.5 Å². The molecule has 1 saturated heterocycles. The summed E-state index contributed by atoms with van der Waals surface area (Å²) in [7, 11) is 0. The van der Waals surface area contributed by atoms with Crippen LogP contribution in [0.15, 0.2) is 72.8 Å². The Morgan fingerprint density at radius 3 is 2.20 bits per heavy atom. The lowest BCUT2D eigenvalue weighted by Gasteiger charge is -2.18. The molecule has 3 aromatic rings. The molecule has 152 valence electrons. The van der Waals surface area contributed by atoms with Gasteiger partial charge in [0.15, 0.2) is 0 Å². The summed E-state index contributed by atoms with van der Waals surface area (Å²) in [4.78, 5) is 14.5. The molecule has 0 aromatic heterocycles. The summed E-state index contributed by atoms with van der Waals surface area (Å²) in [5.74, 6) is 0.0483. The molecule has 0 saturated carbocycles. The second kappa shape index (κ2) is 7.84. The van der Waals surface area contributed by atoms with E-state index in [9.17, 15) is 9.90 Å². The number of carbonyl (C=O) groups is 1.